The zero-order chi connectivity index (χ0) is 20.8. The van der Waals surface area contributed by atoms with Gasteiger partial charge >= 0.3 is 5.97 Å². The van der Waals surface area contributed by atoms with E-state index in [0.29, 0.717) is 11.5 Å². The van der Waals surface area contributed by atoms with Gasteiger partial charge in [0.15, 0.2) is 0 Å². The summed E-state index contributed by atoms with van der Waals surface area (Å²) in [7, 11) is 7.34. The number of allylic oxidation sites excluding steroid dienone is 2. The van der Waals surface area contributed by atoms with Crippen LogP contribution in [0.4, 0.5) is 0 Å². The Morgan fingerprint density at radius 2 is 1.93 bits per heavy atom. The lowest BCUT2D eigenvalue weighted by molar-refractivity contribution is 0.0600. The largest absolute Gasteiger partial charge is 0.497 e. The van der Waals surface area contributed by atoms with Crippen molar-refractivity contribution in [2.75, 3.05) is 34.9 Å². The fourth-order valence-electron chi connectivity index (χ4n) is 3.84. The summed E-state index contributed by atoms with van der Waals surface area (Å²) in [5.74, 6) is 1.03. The molecule has 1 unspecified atom stereocenters. The summed E-state index contributed by atoms with van der Waals surface area (Å²) < 4.78 is 10.3. The number of hydrogen-bond donors (Lipinski definition) is 0. The van der Waals surface area contributed by atoms with Gasteiger partial charge in [0.1, 0.15) is 5.75 Å². The quantitative estimate of drug-likeness (QED) is 0.655. The van der Waals surface area contributed by atoms with Crippen LogP contribution in [0.5, 0.6) is 5.75 Å². The molecule has 0 saturated carbocycles. The Hall–Kier alpha value is -2.85. The molecule has 0 fully saturated rings. The first-order chi connectivity index (χ1) is 14.0. The van der Waals surface area contributed by atoms with Crippen LogP contribution in [-0.4, -0.2) is 45.7 Å². The third-order valence-corrected chi connectivity index (χ3v) is 5.21. The second-order valence-electron chi connectivity index (χ2n) is 7.67. The number of benzene rings is 2. The van der Waals surface area contributed by atoms with E-state index in [4.69, 9.17) is 9.47 Å². The fraction of sp³-hybridized carbons (Fsp3) is 0.320. The normalized spacial score (nSPS) is 17.9. The summed E-state index contributed by atoms with van der Waals surface area (Å²) >= 11 is 0. The number of hydrogen-bond acceptors (Lipinski definition) is 4. The fourth-order valence-corrected chi connectivity index (χ4v) is 3.84. The zero-order valence-corrected chi connectivity index (χ0v) is 17.6. The average Bonchev–Trinajstić information content (AvgIpc) is 2.74. The van der Waals surface area contributed by atoms with Crippen molar-refractivity contribution >= 4 is 17.6 Å². The van der Waals surface area contributed by atoms with Crippen molar-refractivity contribution in [1.29, 1.82) is 0 Å². The summed E-state index contributed by atoms with van der Waals surface area (Å²) in [4.78, 5) is 14.1. The van der Waals surface area contributed by atoms with Crippen LogP contribution >= 0.6 is 0 Å². The molecule has 2 aromatic carbocycles. The predicted octanol–water partition coefficient (Wildman–Crippen LogP) is 4.92. The maximum Gasteiger partial charge on any atom is 0.337 e. The minimum Gasteiger partial charge on any atom is -0.497 e. The van der Waals surface area contributed by atoms with Crippen molar-refractivity contribution < 1.29 is 14.3 Å². The highest BCUT2D eigenvalue weighted by Gasteiger charge is 2.22. The highest BCUT2D eigenvalue weighted by Crippen LogP contribution is 2.37. The maximum atomic E-state index is 11.8. The topological polar surface area (TPSA) is 38.8 Å². The second kappa shape index (κ2) is 9.57. The van der Waals surface area contributed by atoms with E-state index in [1.165, 1.54) is 23.8 Å². The molecule has 0 radical (unpaired) electrons. The van der Waals surface area contributed by atoms with Gasteiger partial charge in [-0.15, -0.1) is 0 Å². The number of methoxy groups -OCH3 is 2. The Bertz CT molecular complexity index is 927. The Balaban J connectivity index is 1.98. The third-order valence-electron chi connectivity index (χ3n) is 5.21. The smallest absolute Gasteiger partial charge is 0.337 e. The number of esters is 1. The molecule has 0 aromatic heterocycles. The van der Waals surface area contributed by atoms with E-state index < -0.39 is 0 Å². The molecule has 1 aliphatic carbocycles. The summed E-state index contributed by atoms with van der Waals surface area (Å²) in [5.41, 5.74) is 5.37. The van der Waals surface area contributed by atoms with Crippen LogP contribution in [0.3, 0.4) is 0 Å². The predicted molar refractivity (Wildman–Crippen MR) is 118 cm³/mol. The Labute approximate surface area is 173 Å². The Morgan fingerprint density at radius 3 is 2.66 bits per heavy atom. The van der Waals surface area contributed by atoms with E-state index in [0.717, 1.165) is 30.7 Å². The van der Waals surface area contributed by atoms with Crippen LogP contribution in [0.1, 0.15) is 34.3 Å². The first-order valence-electron chi connectivity index (χ1n) is 9.90. The number of carbonyl (C=O) groups is 1. The lowest BCUT2D eigenvalue weighted by atomic mass is 9.81. The average molecular weight is 392 g/mol. The maximum absolute atomic E-state index is 11.8. The number of rotatable bonds is 6. The van der Waals surface area contributed by atoms with E-state index in [9.17, 15) is 4.79 Å². The van der Waals surface area contributed by atoms with Gasteiger partial charge in [0, 0.05) is 6.54 Å². The summed E-state index contributed by atoms with van der Waals surface area (Å²) in [6.45, 7) is 1.01. The summed E-state index contributed by atoms with van der Waals surface area (Å²) in [6, 6.07) is 15.8. The number of carbonyl (C=O) groups excluding carboxylic acids is 1. The van der Waals surface area contributed by atoms with Gasteiger partial charge in [-0.2, -0.15) is 0 Å². The van der Waals surface area contributed by atoms with Gasteiger partial charge in [-0.3, -0.25) is 0 Å². The standard InChI is InChI=1S/C25H29NO3/c1-26(2)17-22-12-11-19(13-18-7-5-9-21(14-18)25(27)29-4)15-24(22)20-8-6-10-23(16-20)28-3/h5-10,13-16,22H,11-12,17H2,1-4H3. The molecule has 1 aliphatic rings. The first-order valence-corrected chi connectivity index (χ1v) is 9.90. The molecular formula is C25H29NO3. The van der Waals surface area contributed by atoms with E-state index in [-0.39, 0.29) is 5.97 Å². The van der Waals surface area contributed by atoms with Crippen LogP contribution in [0.15, 0.2) is 60.2 Å². The van der Waals surface area contributed by atoms with Crippen LogP contribution in [-0.2, 0) is 4.74 Å². The van der Waals surface area contributed by atoms with Crippen LogP contribution in [0.25, 0.3) is 11.6 Å². The summed E-state index contributed by atoms with van der Waals surface area (Å²) in [5, 5.41) is 0. The second-order valence-corrected chi connectivity index (χ2v) is 7.67. The van der Waals surface area contributed by atoms with Crippen molar-refractivity contribution in [3.05, 3.63) is 76.9 Å². The van der Waals surface area contributed by atoms with Gasteiger partial charge in [-0.25, -0.2) is 4.79 Å². The number of ether oxygens (including phenoxy) is 2. The highest BCUT2D eigenvalue weighted by molar-refractivity contribution is 5.90. The molecule has 29 heavy (non-hydrogen) atoms. The van der Waals surface area contributed by atoms with Gasteiger partial charge < -0.3 is 14.4 Å². The molecule has 0 saturated heterocycles. The van der Waals surface area contributed by atoms with E-state index >= 15 is 0 Å². The van der Waals surface area contributed by atoms with Gasteiger partial charge in [0.2, 0.25) is 0 Å². The van der Waals surface area contributed by atoms with Crippen molar-refractivity contribution in [2.24, 2.45) is 5.92 Å². The van der Waals surface area contributed by atoms with E-state index in [1.807, 2.05) is 30.3 Å². The minimum atomic E-state index is -0.312. The molecule has 3 rings (SSSR count). The monoisotopic (exact) mass is 391 g/mol. The SMILES string of the molecule is COC(=O)c1cccc(C=C2C=C(c3cccc(OC)c3)C(CN(C)C)CC2)c1. The lowest BCUT2D eigenvalue weighted by Gasteiger charge is -2.28. The molecule has 0 heterocycles. The molecule has 0 spiro atoms. The molecule has 0 aliphatic heterocycles. The van der Waals surface area contributed by atoms with Gasteiger partial charge in [0.05, 0.1) is 19.8 Å². The molecule has 0 bridgehead atoms. The van der Waals surface area contributed by atoms with Crippen molar-refractivity contribution in [3.63, 3.8) is 0 Å². The van der Waals surface area contributed by atoms with Crippen LogP contribution in [0, 0.1) is 5.92 Å². The Kier molecular flexibility index (Phi) is 6.89. The van der Waals surface area contributed by atoms with Crippen LogP contribution < -0.4 is 4.74 Å². The van der Waals surface area contributed by atoms with Gasteiger partial charge in [0.25, 0.3) is 0 Å². The van der Waals surface area contributed by atoms with E-state index in [1.54, 1.807) is 13.2 Å². The van der Waals surface area contributed by atoms with Crippen molar-refractivity contribution in [1.82, 2.24) is 4.90 Å². The first kappa shape index (κ1) is 20.9. The molecule has 4 heteroatoms. The molecule has 152 valence electrons. The minimum absolute atomic E-state index is 0.312. The molecule has 1 atom stereocenters. The zero-order valence-electron chi connectivity index (χ0n) is 17.6. The Morgan fingerprint density at radius 1 is 1.14 bits per heavy atom. The van der Waals surface area contributed by atoms with Crippen LogP contribution in [0.2, 0.25) is 0 Å². The van der Waals surface area contributed by atoms with Gasteiger partial charge in [-0.1, -0.05) is 36.4 Å². The van der Waals surface area contributed by atoms with E-state index in [2.05, 4.69) is 43.3 Å². The molecule has 0 amide bonds. The van der Waals surface area contributed by atoms with Crippen molar-refractivity contribution in [2.45, 2.75) is 12.8 Å². The lowest BCUT2D eigenvalue weighted by Crippen LogP contribution is -2.24. The molecular weight excluding hydrogens is 362 g/mol. The number of nitrogens with zero attached hydrogens (tertiary/aromatic N) is 1. The van der Waals surface area contributed by atoms with Crippen molar-refractivity contribution in [3.8, 4) is 5.75 Å². The van der Waals surface area contributed by atoms with Gasteiger partial charge in [-0.05, 0) is 79.4 Å². The molecule has 0 N–H and O–H groups in total. The molecule has 4 nitrogen and oxygen atoms in total. The third kappa shape index (κ3) is 5.36. The highest BCUT2D eigenvalue weighted by atomic mass is 16.5. The molecule has 2 aromatic rings. The summed E-state index contributed by atoms with van der Waals surface area (Å²) in [6.07, 6.45) is 6.56.